The van der Waals surface area contributed by atoms with E-state index in [0.29, 0.717) is 5.71 Å². The lowest BCUT2D eigenvalue weighted by Gasteiger charge is -2.06. The molecule has 2 N–H and O–H groups in total. The largest absolute Gasteiger partial charge is 0.459 e. The second kappa shape index (κ2) is 8.62. The maximum Gasteiger partial charge on any atom is 0.287 e. The Bertz CT molecular complexity index is 931. The number of amides is 2. The van der Waals surface area contributed by atoms with E-state index < -0.39 is 11.8 Å². The molecule has 3 aromatic rings. The number of nitrogens with zero attached hydrogens (tertiary/aromatic N) is 1. The smallest absolute Gasteiger partial charge is 0.287 e. The molecule has 0 spiro atoms. The summed E-state index contributed by atoms with van der Waals surface area (Å²) in [4.78, 5) is 23.5. The molecule has 2 aromatic carbocycles. The average molecular weight is 361 g/mol. The lowest BCUT2D eigenvalue weighted by atomic mass is 10.0. The van der Waals surface area contributed by atoms with Crippen LogP contribution in [0.1, 0.15) is 23.0 Å². The van der Waals surface area contributed by atoms with Gasteiger partial charge in [0.1, 0.15) is 0 Å². The molecule has 2 amide bonds. The van der Waals surface area contributed by atoms with Crippen LogP contribution in [0.4, 0.5) is 0 Å². The van der Waals surface area contributed by atoms with Crippen molar-refractivity contribution in [2.24, 2.45) is 5.10 Å². The van der Waals surface area contributed by atoms with Gasteiger partial charge in [-0.3, -0.25) is 9.59 Å². The molecular weight excluding hydrogens is 342 g/mol. The summed E-state index contributed by atoms with van der Waals surface area (Å²) in [7, 11) is 0. The summed E-state index contributed by atoms with van der Waals surface area (Å²) >= 11 is 0. The van der Waals surface area contributed by atoms with E-state index in [1.165, 1.54) is 12.3 Å². The van der Waals surface area contributed by atoms with Gasteiger partial charge in [0.2, 0.25) is 0 Å². The molecule has 1 aromatic heterocycles. The van der Waals surface area contributed by atoms with E-state index in [1.54, 1.807) is 13.0 Å². The van der Waals surface area contributed by atoms with Gasteiger partial charge in [0.15, 0.2) is 5.76 Å². The number of benzene rings is 2. The summed E-state index contributed by atoms with van der Waals surface area (Å²) < 4.78 is 4.95. The summed E-state index contributed by atoms with van der Waals surface area (Å²) in [5.41, 5.74) is 6.24. The molecule has 27 heavy (non-hydrogen) atoms. The molecule has 0 aliphatic rings. The SMILES string of the molecule is C/C(=N/NC(=O)CNC(=O)c1ccco1)c1ccc(-c2ccccc2)cc1. The van der Waals surface area contributed by atoms with Gasteiger partial charge in [-0.2, -0.15) is 5.10 Å². The van der Waals surface area contributed by atoms with Crippen LogP contribution in [0.2, 0.25) is 0 Å². The first-order valence-electron chi connectivity index (χ1n) is 8.44. The monoisotopic (exact) mass is 361 g/mol. The minimum absolute atomic E-state index is 0.154. The van der Waals surface area contributed by atoms with Crippen LogP contribution in [0.3, 0.4) is 0 Å². The Kier molecular flexibility index (Phi) is 5.79. The number of hydrazone groups is 1. The number of nitrogens with one attached hydrogen (secondary N) is 2. The molecular formula is C21H19N3O3. The van der Waals surface area contributed by atoms with Crippen LogP contribution in [0.15, 0.2) is 82.5 Å². The predicted octanol–water partition coefficient (Wildman–Crippen LogP) is 3.22. The molecule has 0 saturated carbocycles. The molecule has 0 radical (unpaired) electrons. The molecule has 1 heterocycles. The highest BCUT2D eigenvalue weighted by Gasteiger charge is 2.10. The van der Waals surface area contributed by atoms with Gasteiger partial charge in [0, 0.05) is 0 Å². The Balaban J connectivity index is 1.54. The zero-order valence-corrected chi connectivity index (χ0v) is 14.8. The van der Waals surface area contributed by atoms with Crippen LogP contribution in [0.25, 0.3) is 11.1 Å². The van der Waals surface area contributed by atoms with Crippen molar-refractivity contribution in [3.8, 4) is 11.1 Å². The highest BCUT2D eigenvalue weighted by Crippen LogP contribution is 2.19. The van der Waals surface area contributed by atoms with Crippen molar-refractivity contribution in [3.05, 3.63) is 84.3 Å². The standard InChI is InChI=1S/C21H19N3O3/c1-15(16-9-11-18(12-10-16)17-6-3-2-4-7-17)23-24-20(25)14-22-21(26)19-8-5-13-27-19/h2-13H,14H2,1H3,(H,22,26)(H,24,25)/b23-15-. The molecule has 136 valence electrons. The van der Waals surface area contributed by atoms with Crippen molar-refractivity contribution in [2.45, 2.75) is 6.92 Å². The zero-order chi connectivity index (χ0) is 19.1. The van der Waals surface area contributed by atoms with E-state index in [0.717, 1.165) is 16.7 Å². The van der Waals surface area contributed by atoms with Crippen molar-refractivity contribution >= 4 is 17.5 Å². The first kappa shape index (κ1) is 18.1. The summed E-state index contributed by atoms with van der Waals surface area (Å²) in [6.45, 7) is 1.61. The molecule has 6 heteroatoms. The van der Waals surface area contributed by atoms with Crippen LogP contribution in [-0.4, -0.2) is 24.1 Å². The number of hydrogen-bond donors (Lipinski definition) is 2. The van der Waals surface area contributed by atoms with E-state index in [9.17, 15) is 9.59 Å². The fourth-order valence-corrected chi connectivity index (χ4v) is 2.44. The predicted molar refractivity (Wildman–Crippen MR) is 103 cm³/mol. The van der Waals surface area contributed by atoms with Gasteiger partial charge in [0.05, 0.1) is 18.5 Å². The summed E-state index contributed by atoms with van der Waals surface area (Å²) in [5.74, 6) is -0.719. The molecule has 0 fully saturated rings. The summed E-state index contributed by atoms with van der Waals surface area (Å²) in [6, 6.07) is 21.1. The summed E-state index contributed by atoms with van der Waals surface area (Å²) in [5, 5.41) is 6.54. The van der Waals surface area contributed by atoms with Crippen LogP contribution in [-0.2, 0) is 4.79 Å². The molecule has 0 atom stereocenters. The highest BCUT2D eigenvalue weighted by molar-refractivity contribution is 6.00. The topological polar surface area (TPSA) is 83.7 Å². The Morgan fingerprint density at radius 2 is 1.63 bits per heavy atom. The first-order valence-corrected chi connectivity index (χ1v) is 8.44. The average Bonchev–Trinajstić information content (AvgIpc) is 3.26. The van der Waals surface area contributed by atoms with Crippen molar-refractivity contribution in [1.29, 1.82) is 0 Å². The highest BCUT2D eigenvalue weighted by atomic mass is 16.3. The Hall–Kier alpha value is -3.67. The molecule has 0 aliphatic carbocycles. The minimum Gasteiger partial charge on any atom is -0.459 e. The third-order valence-corrected chi connectivity index (χ3v) is 3.91. The number of carbonyl (C=O) groups excluding carboxylic acids is 2. The third-order valence-electron chi connectivity index (χ3n) is 3.91. The lowest BCUT2D eigenvalue weighted by Crippen LogP contribution is -2.35. The minimum atomic E-state index is -0.452. The van der Waals surface area contributed by atoms with Gasteiger partial charge in [-0.15, -0.1) is 0 Å². The van der Waals surface area contributed by atoms with Gasteiger partial charge >= 0.3 is 0 Å². The fourth-order valence-electron chi connectivity index (χ4n) is 2.44. The maximum atomic E-state index is 11.8. The molecule has 6 nitrogen and oxygen atoms in total. The van der Waals surface area contributed by atoms with Gasteiger partial charge in [0.25, 0.3) is 11.8 Å². The second-order valence-electron chi connectivity index (χ2n) is 5.84. The fraction of sp³-hybridized carbons (Fsp3) is 0.0952. The molecule has 3 rings (SSSR count). The number of furan rings is 1. The molecule has 0 unspecified atom stereocenters. The number of rotatable bonds is 6. The Morgan fingerprint density at radius 3 is 2.30 bits per heavy atom. The maximum absolute atomic E-state index is 11.8. The van der Waals surface area contributed by atoms with Crippen molar-refractivity contribution in [2.75, 3.05) is 6.54 Å². The normalized spacial score (nSPS) is 11.1. The van der Waals surface area contributed by atoms with Crippen LogP contribution < -0.4 is 10.7 Å². The van der Waals surface area contributed by atoms with Crippen LogP contribution >= 0.6 is 0 Å². The third kappa shape index (κ3) is 4.92. The van der Waals surface area contributed by atoms with E-state index in [1.807, 2.05) is 54.6 Å². The van der Waals surface area contributed by atoms with E-state index in [2.05, 4.69) is 15.8 Å². The van der Waals surface area contributed by atoms with E-state index >= 15 is 0 Å². The summed E-state index contributed by atoms with van der Waals surface area (Å²) in [6.07, 6.45) is 1.39. The van der Waals surface area contributed by atoms with Crippen LogP contribution in [0.5, 0.6) is 0 Å². The van der Waals surface area contributed by atoms with E-state index in [-0.39, 0.29) is 12.3 Å². The van der Waals surface area contributed by atoms with Crippen LogP contribution in [0, 0.1) is 0 Å². The Labute approximate surface area is 156 Å². The van der Waals surface area contributed by atoms with Crippen molar-refractivity contribution in [1.82, 2.24) is 10.7 Å². The molecule has 0 bridgehead atoms. The van der Waals surface area contributed by atoms with Crippen molar-refractivity contribution < 1.29 is 14.0 Å². The van der Waals surface area contributed by atoms with Crippen molar-refractivity contribution in [3.63, 3.8) is 0 Å². The number of hydrogen-bond acceptors (Lipinski definition) is 4. The quantitative estimate of drug-likeness (QED) is 0.522. The van der Waals surface area contributed by atoms with E-state index in [4.69, 9.17) is 4.42 Å². The number of carbonyl (C=O) groups is 2. The Morgan fingerprint density at radius 1 is 0.926 bits per heavy atom. The van der Waals surface area contributed by atoms with Gasteiger partial charge < -0.3 is 9.73 Å². The van der Waals surface area contributed by atoms with Gasteiger partial charge in [-0.05, 0) is 35.7 Å². The molecule has 0 aliphatic heterocycles. The first-order chi connectivity index (χ1) is 13.1. The van der Waals surface area contributed by atoms with Gasteiger partial charge in [-0.25, -0.2) is 5.43 Å². The van der Waals surface area contributed by atoms with Gasteiger partial charge in [-0.1, -0.05) is 54.6 Å². The lowest BCUT2D eigenvalue weighted by molar-refractivity contribution is -0.120. The molecule has 0 saturated heterocycles. The zero-order valence-electron chi connectivity index (χ0n) is 14.8. The second-order valence-corrected chi connectivity index (χ2v) is 5.84.